The van der Waals surface area contributed by atoms with Crippen molar-refractivity contribution in [3.63, 3.8) is 0 Å². The molecule has 130 valence electrons. The van der Waals surface area contributed by atoms with Crippen LogP contribution in [-0.4, -0.2) is 77.3 Å². The van der Waals surface area contributed by atoms with Crippen LogP contribution >= 0.6 is 0 Å². The third-order valence-corrected chi connectivity index (χ3v) is 5.24. The monoisotopic (exact) mass is 332 g/mol. The van der Waals surface area contributed by atoms with Crippen LogP contribution in [0, 0.1) is 0 Å². The van der Waals surface area contributed by atoms with Gasteiger partial charge in [0.15, 0.2) is 0 Å². The number of likely N-dealkylation sites (N-methyl/N-ethyl adjacent to an activating group) is 1. The van der Waals surface area contributed by atoms with Crippen LogP contribution < -0.4 is 10.6 Å². The fourth-order valence-electron chi connectivity index (χ4n) is 3.71. The lowest BCUT2D eigenvalue weighted by Crippen LogP contribution is -2.68. The van der Waals surface area contributed by atoms with Gasteiger partial charge in [0.05, 0.1) is 11.6 Å². The summed E-state index contributed by atoms with van der Waals surface area (Å²) in [6.45, 7) is 4.96. The topological polar surface area (TPSA) is 82.6 Å². The highest BCUT2D eigenvalue weighted by Gasteiger charge is 2.51. The normalized spacial score (nSPS) is 25.8. The van der Waals surface area contributed by atoms with E-state index in [1.165, 1.54) is 0 Å². The summed E-state index contributed by atoms with van der Waals surface area (Å²) in [6.07, 6.45) is 6.27. The summed E-state index contributed by atoms with van der Waals surface area (Å²) in [5.41, 5.74) is 1.06. The van der Waals surface area contributed by atoms with E-state index in [0.717, 1.165) is 57.7 Å². The Morgan fingerprint density at radius 3 is 2.83 bits per heavy atom. The van der Waals surface area contributed by atoms with Crippen LogP contribution in [0.5, 0.6) is 0 Å². The number of ether oxygens (including phenoxy) is 1. The van der Waals surface area contributed by atoms with Crippen molar-refractivity contribution in [3.05, 3.63) is 18.0 Å². The molecule has 1 aromatic rings. The van der Waals surface area contributed by atoms with Gasteiger partial charge in [-0.3, -0.25) is 4.90 Å². The molecule has 3 saturated heterocycles. The van der Waals surface area contributed by atoms with Gasteiger partial charge in [-0.25, -0.2) is 14.8 Å². The zero-order valence-electron chi connectivity index (χ0n) is 14.0. The maximum absolute atomic E-state index is 11.6. The van der Waals surface area contributed by atoms with Crippen molar-refractivity contribution < 1.29 is 9.53 Å². The zero-order chi connectivity index (χ0) is 16.6. The van der Waals surface area contributed by atoms with Gasteiger partial charge in [-0.2, -0.15) is 0 Å². The predicted octanol–water partition coefficient (Wildman–Crippen LogP) is 0.277. The van der Waals surface area contributed by atoms with Gasteiger partial charge in [-0.15, -0.1) is 0 Å². The van der Waals surface area contributed by atoms with Gasteiger partial charge in [0, 0.05) is 64.3 Å². The predicted molar refractivity (Wildman–Crippen MR) is 88.7 cm³/mol. The molecule has 24 heavy (non-hydrogen) atoms. The fourth-order valence-corrected chi connectivity index (χ4v) is 3.71. The smallest absolute Gasteiger partial charge is 0.317 e. The van der Waals surface area contributed by atoms with E-state index >= 15 is 0 Å². The summed E-state index contributed by atoms with van der Waals surface area (Å²) >= 11 is 0. The summed E-state index contributed by atoms with van der Waals surface area (Å²) < 4.78 is 5.58. The van der Waals surface area contributed by atoms with Gasteiger partial charge in [-0.1, -0.05) is 0 Å². The summed E-state index contributed by atoms with van der Waals surface area (Å²) in [6, 6.07) is 0.0275. The summed E-state index contributed by atoms with van der Waals surface area (Å²) in [7, 11) is 1.87. The Morgan fingerprint density at radius 2 is 2.21 bits per heavy atom. The first kappa shape index (κ1) is 15.6. The van der Waals surface area contributed by atoms with Gasteiger partial charge < -0.3 is 20.3 Å². The van der Waals surface area contributed by atoms with Crippen molar-refractivity contribution in [2.75, 3.05) is 45.2 Å². The minimum absolute atomic E-state index is 0.0271. The number of hydrogen-bond donors (Lipinski definition) is 2. The number of anilines is 1. The lowest BCUT2D eigenvalue weighted by molar-refractivity contribution is -0.00117. The zero-order valence-corrected chi connectivity index (χ0v) is 14.0. The molecule has 0 saturated carbocycles. The quantitative estimate of drug-likeness (QED) is 0.806. The van der Waals surface area contributed by atoms with Crippen LogP contribution in [-0.2, 0) is 11.3 Å². The Balaban J connectivity index is 1.25. The number of nitrogens with zero attached hydrogens (tertiary/aromatic N) is 4. The van der Waals surface area contributed by atoms with Crippen molar-refractivity contribution in [2.24, 2.45) is 0 Å². The Labute approximate surface area is 141 Å². The maximum atomic E-state index is 11.6. The summed E-state index contributed by atoms with van der Waals surface area (Å²) in [5, 5.41) is 6.14. The molecule has 0 bridgehead atoms. The number of rotatable bonds is 5. The molecule has 1 aromatic heterocycles. The Kier molecular flexibility index (Phi) is 4.01. The van der Waals surface area contributed by atoms with E-state index in [1.807, 2.05) is 24.3 Å². The van der Waals surface area contributed by atoms with E-state index < -0.39 is 0 Å². The van der Waals surface area contributed by atoms with Crippen LogP contribution in [0.2, 0.25) is 0 Å². The highest BCUT2D eigenvalue weighted by Crippen LogP contribution is 2.30. The van der Waals surface area contributed by atoms with E-state index in [2.05, 4.69) is 25.5 Å². The summed E-state index contributed by atoms with van der Waals surface area (Å²) in [4.78, 5) is 24.5. The van der Waals surface area contributed by atoms with Crippen LogP contribution in [0.15, 0.2) is 12.4 Å². The molecular formula is C16H24N6O2. The molecule has 4 heterocycles. The average Bonchev–Trinajstić information content (AvgIpc) is 3.17. The van der Waals surface area contributed by atoms with Crippen molar-refractivity contribution >= 4 is 12.0 Å². The second kappa shape index (κ2) is 6.18. The molecule has 4 rings (SSSR count). The largest absolute Gasteiger partial charge is 0.376 e. The average molecular weight is 332 g/mol. The molecule has 8 nitrogen and oxygen atoms in total. The Bertz CT molecular complexity index is 595. The molecule has 2 N–H and O–H groups in total. The number of aromatic nitrogens is 2. The van der Waals surface area contributed by atoms with Crippen molar-refractivity contribution in [2.45, 2.75) is 31.0 Å². The standard InChI is InChI=1S/C16H24N6O2/c1-21-15(23)20-9-16(21)10-22(11-16)8-12-5-17-14(18-6-12)19-7-13-3-2-4-24-13/h5-6,13H,2-4,7-11H2,1H3,(H,20,23)(H,17,18,19). The molecule has 8 heteroatoms. The molecule has 1 spiro atoms. The number of nitrogens with one attached hydrogen (secondary N) is 2. The molecule has 0 radical (unpaired) electrons. The van der Waals surface area contributed by atoms with E-state index in [1.54, 1.807) is 0 Å². The second-order valence-corrected chi connectivity index (χ2v) is 7.02. The molecule has 1 unspecified atom stereocenters. The number of carbonyl (C=O) groups is 1. The lowest BCUT2D eigenvalue weighted by Gasteiger charge is -2.50. The first-order valence-corrected chi connectivity index (χ1v) is 8.55. The Hall–Kier alpha value is -1.93. The van der Waals surface area contributed by atoms with Crippen LogP contribution in [0.4, 0.5) is 10.7 Å². The van der Waals surface area contributed by atoms with Gasteiger partial charge >= 0.3 is 6.03 Å². The minimum atomic E-state index is -0.0271. The van der Waals surface area contributed by atoms with Gasteiger partial charge in [-0.05, 0) is 12.8 Å². The molecule has 0 aliphatic carbocycles. The number of likely N-dealkylation sites (tertiary alicyclic amines) is 1. The fraction of sp³-hybridized carbons (Fsp3) is 0.688. The van der Waals surface area contributed by atoms with Crippen LogP contribution in [0.1, 0.15) is 18.4 Å². The van der Waals surface area contributed by atoms with E-state index in [9.17, 15) is 4.79 Å². The minimum Gasteiger partial charge on any atom is -0.376 e. The first-order valence-electron chi connectivity index (χ1n) is 8.55. The van der Waals surface area contributed by atoms with E-state index in [4.69, 9.17) is 4.74 Å². The lowest BCUT2D eigenvalue weighted by atomic mass is 9.89. The third-order valence-electron chi connectivity index (χ3n) is 5.24. The van der Waals surface area contributed by atoms with Gasteiger partial charge in [0.2, 0.25) is 5.95 Å². The molecule has 3 aliphatic heterocycles. The molecule has 1 atom stereocenters. The number of amides is 2. The van der Waals surface area contributed by atoms with E-state index in [0.29, 0.717) is 5.95 Å². The third kappa shape index (κ3) is 2.91. The molecule has 0 aromatic carbocycles. The highest BCUT2D eigenvalue weighted by molar-refractivity contribution is 5.78. The van der Waals surface area contributed by atoms with Crippen molar-refractivity contribution in [1.29, 1.82) is 0 Å². The van der Waals surface area contributed by atoms with Crippen molar-refractivity contribution in [1.82, 2.24) is 25.1 Å². The first-order chi connectivity index (χ1) is 11.6. The van der Waals surface area contributed by atoms with Gasteiger partial charge in [0.25, 0.3) is 0 Å². The molecular weight excluding hydrogens is 308 g/mol. The molecule has 3 aliphatic rings. The maximum Gasteiger partial charge on any atom is 0.317 e. The Morgan fingerprint density at radius 1 is 1.42 bits per heavy atom. The van der Waals surface area contributed by atoms with E-state index in [-0.39, 0.29) is 17.7 Å². The number of carbonyl (C=O) groups excluding carboxylic acids is 1. The number of urea groups is 1. The second-order valence-electron chi connectivity index (χ2n) is 7.02. The van der Waals surface area contributed by atoms with Crippen molar-refractivity contribution in [3.8, 4) is 0 Å². The number of hydrogen-bond acceptors (Lipinski definition) is 6. The highest BCUT2D eigenvalue weighted by atomic mass is 16.5. The summed E-state index contributed by atoms with van der Waals surface area (Å²) in [5.74, 6) is 0.652. The van der Waals surface area contributed by atoms with Gasteiger partial charge in [0.1, 0.15) is 0 Å². The molecule has 2 amide bonds. The SMILES string of the molecule is CN1C(=O)NCC12CN(Cc1cnc(NCC3CCCO3)nc1)C2. The van der Waals surface area contributed by atoms with Crippen LogP contribution in [0.25, 0.3) is 0 Å². The van der Waals surface area contributed by atoms with Crippen LogP contribution in [0.3, 0.4) is 0 Å². The molecule has 3 fully saturated rings.